The van der Waals surface area contributed by atoms with Gasteiger partial charge in [0.1, 0.15) is 11.2 Å². The van der Waals surface area contributed by atoms with Gasteiger partial charge >= 0.3 is 0 Å². The standard InChI is InChI=1S/C20H18O/c1-13-5-3-7-15(11-13)16-9-10-19-18(12-16)17-8-4-6-14(2)20(17)21-19/h3-4,6-13H,5H2,1-2H3. The first-order valence-electron chi connectivity index (χ1n) is 7.53. The minimum absolute atomic E-state index is 0.615. The predicted octanol–water partition coefficient (Wildman–Crippen LogP) is 5.87. The van der Waals surface area contributed by atoms with E-state index in [0.717, 1.165) is 17.6 Å². The minimum Gasteiger partial charge on any atom is -0.456 e. The Kier molecular flexibility index (Phi) is 2.75. The molecule has 104 valence electrons. The topological polar surface area (TPSA) is 13.1 Å². The van der Waals surface area contributed by atoms with Gasteiger partial charge in [0.05, 0.1) is 0 Å². The van der Waals surface area contributed by atoms with Gasteiger partial charge < -0.3 is 4.42 Å². The summed E-state index contributed by atoms with van der Waals surface area (Å²) in [7, 11) is 0. The van der Waals surface area contributed by atoms with Crippen LogP contribution in [0.3, 0.4) is 0 Å². The second kappa shape index (κ2) is 4.63. The summed E-state index contributed by atoms with van der Waals surface area (Å²) in [5.74, 6) is 0.615. The van der Waals surface area contributed by atoms with Crippen LogP contribution in [0.25, 0.3) is 27.5 Å². The van der Waals surface area contributed by atoms with Crippen LogP contribution in [-0.4, -0.2) is 0 Å². The molecule has 1 atom stereocenters. The third-order valence-electron chi connectivity index (χ3n) is 4.30. The molecule has 4 rings (SSSR count). The maximum atomic E-state index is 6.01. The number of furan rings is 1. The van der Waals surface area contributed by atoms with Crippen molar-refractivity contribution in [3.8, 4) is 0 Å². The van der Waals surface area contributed by atoms with Crippen molar-refractivity contribution in [3.05, 3.63) is 65.8 Å². The summed E-state index contributed by atoms with van der Waals surface area (Å²) in [5.41, 5.74) is 5.76. The number of benzene rings is 2. The van der Waals surface area contributed by atoms with Crippen LogP contribution in [0.15, 0.2) is 59.0 Å². The molecule has 0 amide bonds. The Labute approximate surface area is 124 Å². The first-order valence-corrected chi connectivity index (χ1v) is 7.53. The highest BCUT2D eigenvalue weighted by atomic mass is 16.3. The van der Waals surface area contributed by atoms with E-state index in [2.05, 4.69) is 68.5 Å². The van der Waals surface area contributed by atoms with Crippen molar-refractivity contribution in [2.75, 3.05) is 0 Å². The molecule has 1 aliphatic carbocycles. The molecule has 21 heavy (non-hydrogen) atoms. The zero-order valence-corrected chi connectivity index (χ0v) is 12.4. The van der Waals surface area contributed by atoms with Gasteiger partial charge in [0, 0.05) is 10.8 Å². The molecule has 0 radical (unpaired) electrons. The molecule has 1 aromatic heterocycles. The van der Waals surface area contributed by atoms with Crippen LogP contribution in [0, 0.1) is 12.8 Å². The molecule has 1 heterocycles. The van der Waals surface area contributed by atoms with Crippen molar-refractivity contribution in [1.29, 1.82) is 0 Å². The number of fused-ring (bicyclic) bond motifs is 3. The van der Waals surface area contributed by atoms with Crippen molar-refractivity contribution in [3.63, 3.8) is 0 Å². The Hall–Kier alpha value is -2.28. The second-order valence-electron chi connectivity index (χ2n) is 6.00. The number of aryl methyl sites for hydroxylation is 1. The first kappa shape index (κ1) is 12.5. The van der Waals surface area contributed by atoms with Crippen molar-refractivity contribution in [2.45, 2.75) is 20.3 Å². The van der Waals surface area contributed by atoms with Gasteiger partial charge in [-0.2, -0.15) is 0 Å². The predicted molar refractivity (Wildman–Crippen MR) is 89.4 cm³/mol. The van der Waals surface area contributed by atoms with E-state index >= 15 is 0 Å². The number of hydrogen-bond acceptors (Lipinski definition) is 1. The van der Waals surface area contributed by atoms with Crippen LogP contribution in [-0.2, 0) is 0 Å². The van der Waals surface area contributed by atoms with E-state index in [0.29, 0.717) is 5.92 Å². The van der Waals surface area contributed by atoms with Crippen LogP contribution in [0.5, 0.6) is 0 Å². The molecule has 1 nitrogen and oxygen atoms in total. The van der Waals surface area contributed by atoms with Gasteiger partial charge in [-0.3, -0.25) is 0 Å². The van der Waals surface area contributed by atoms with Crippen molar-refractivity contribution < 1.29 is 4.42 Å². The number of rotatable bonds is 1. The van der Waals surface area contributed by atoms with Crippen LogP contribution in [0.4, 0.5) is 0 Å². The summed E-state index contributed by atoms with van der Waals surface area (Å²) in [6.07, 6.45) is 7.99. The highest BCUT2D eigenvalue weighted by Gasteiger charge is 2.11. The zero-order valence-electron chi connectivity index (χ0n) is 12.4. The Balaban J connectivity index is 1.95. The van der Waals surface area contributed by atoms with Crippen molar-refractivity contribution >= 4 is 27.5 Å². The van der Waals surface area contributed by atoms with Gasteiger partial charge in [0.25, 0.3) is 0 Å². The normalized spacial score (nSPS) is 18.4. The lowest BCUT2D eigenvalue weighted by atomic mass is 9.93. The summed E-state index contributed by atoms with van der Waals surface area (Å²) >= 11 is 0. The molecule has 2 aromatic carbocycles. The van der Waals surface area contributed by atoms with E-state index in [1.54, 1.807) is 0 Å². The molecule has 0 N–H and O–H groups in total. The molecule has 1 heteroatoms. The monoisotopic (exact) mass is 274 g/mol. The number of allylic oxidation sites excluding steroid dienone is 4. The average Bonchev–Trinajstić information content (AvgIpc) is 2.87. The fraction of sp³-hybridized carbons (Fsp3) is 0.200. The summed E-state index contributed by atoms with van der Waals surface area (Å²) in [5, 5.41) is 2.42. The number of hydrogen-bond donors (Lipinski definition) is 0. The third kappa shape index (κ3) is 2.01. The molecule has 1 aliphatic rings. The van der Waals surface area contributed by atoms with Gasteiger partial charge in [-0.1, -0.05) is 49.4 Å². The molecule has 0 saturated heterocycles. The average molecular weight is 274 g/mol. The van der Waals surface area contributed by atoms with Crippen LogP contribution in [0.2, 0.25) is 0 Å². The Bertz CT molecular complexity index is 893. The van der Waals surface area contributed by atoms with Crippen LogP contribution >= 0.6 is 0 Å². The zero-order chi connectivity index (χ0) is 14.4. The maximum Gasteiger partial charge on any atom is 0.138 e. The SMILES string of the molecule is Cc1cccc2c1oc1ccc(C3=CC(C)CC=C3)cc12. The lowest BCUT2D eigenvalue weighted by Gasteiger charge is -2.12. The molecule has 0 fully saturated rings. The highest BCUT2D eigenvalue weighted by Crippen LogP contribution is 2.33. The summed E-state index contributed by atoms with van der Waals surface area (Å²) in [6.45, 7) is 4.36. The van der Waals surface area contributed by atoms with Gasteiger partial charge in [-0.05, 0) is 48.1 Å². The minimum atomic E-state index is 0.615. The van der Waals surface area contributed by atoms with Gasteiger partial charge in [0.15, 0.2) is 0 Å². The van der Waals surface area contributed by atoms with Gasteiger partial charge in [-0.25, -0.2) is 0 Å². The lowest BCUT2D eigenvalue weighted by molar-refractivity contribution is 0.666. The van der Waals surface area contributed by atoms with Gasteiger partial charge in [-0.15, -0.1) is 0 Å². The molecule has 0 spiro atoms. The molecular weight excluding hydrogens is 256 g/mol. The summed E-state index contributed by atoms with van der Waals surface area (Å²) in [4.78, 5) is 0. The summed E-state index contributed by atoms with van der Waals surface area (Å²) in [6, 6.07) is 12.9. The second-order valence-corrected chi connectivity index (χ2v) is 6.00. The lowest BCUT2D eigenvalue weighted by Crippen LogP contribution is -1.94. The molecule has 1 unspecified atom stereocenters. The van der Waals surface area contributed by atoms with Crippen LogP contribution < -0.4 is 0 Å². The molecule has 0 aliphatic heterocycles. The van der Waals surface area contributed by atoms with E-state index in [4.69, 9.17) is 4.42 Å². The molecular formula is C20H18O. The Morgan fingerprint density at radius 1 is 1.10 bits per heavy atom. The smallest absolute Gasteiger partial charge is 0.138 e. The quantitative estimate of drug-likeness (QED) is 0.540. The molecule has 3 aromatic rings. The number of para-hydroxylation sites is 1. The van der Waals surface area contributed by atoms with E-state index in [-0.39, 0.29) is 0 Å². The molecule has 0 saturated carbocycles. The van der Waals surface area contributed by atoms with E-state index in [1.165, 1.54) is 27.5 Å². The highest BCUT2D eigenvalue weighted by molar-refractivity contribution is 6.06. The molecule has 0 bridgehead atoms. The van der Waals surface area contributed by atoms with Crippen LogP contribution in [0.1, 0.15) is 24.5 Å². The summed E-state index contributed by atoms with van der Waals surface area (Å²) < 4.78 is 6.01. The third-order valence-corrected chi connectivity index (χ3v) is 4.30. The fourth-order valence-corrected chi connectivity index (χ4v) is 3.15. The van der Waals surface area contributed by atoms with Crippen molar-refractivity contribution in [1.82, 2.24) is 0 Å². The largest absolute Gasteiger partial charge is 0.456 e. The van der Waals surface area contributed by atoms with E-state index in [9.17, 15) is 0 Å². The van der Waals surface area contributed by atoms with E-state index in [1.807, 2.05) is 0 Å². The van der Waals surface area contributed by atoms with E-state index < -0.39 is 0 Å². The Morgan fingerprint density at radius 2 is 2.00 bits per heavy atom. The fourth-order valence-electron chi connectivity index (χ4n) is 3.15. The maximum absolute atomic E-state index is 6.01. The van der Waals surface area contributed by atoms with Crippen molar-refractivity contribution in [2.24, 2.45) is 5.92 Å². The first-order chi connectivity index (χ1) is 10.2. The van der Waals surface area contributed by atoms with Gasteiger partial charge in [0.2, 0.25) is 0 Å². The Morgan fingerprint density at radius 3 is 2.86 bits per heavy atom.